The Bertz CT molecular complexity index is 513. The molecule has 0 aliphatic rings. The van der Waals surface area contributed by atoms with Crippen molar-refractivity contribution in [1.29, 1.82) is 0 Å². The lowest BCUT2D eigenvalue weighted by Gasteiger charge is -2.16. The highest BCUT2D eigenvalue weighted by Crippen LogP contribution is 2.14. The Hall–Kier alpha value is -1.12. The Morgan fingerprint density at radius 3 is 1.67 bits per heavy atom. The maximum Gasteiger partial charge on any atom is 0.0717 e. The molecule has 0 heterocycles. The summed E-state index contributed by atoms with van der Waals surface area (Å²) in [5.41, 5.74) is 1.23. The van der Waals surface area contributed by atoms with Crippen molar-refractivity contribution in [2.45, 2.75) is 123 Å². The third-order valence-corrected chi connectivity index (χ3v) is 6.46. The molecule has 2 heteroatoms. The molecule has 0 amide bonds. The average molecular weight is 459 g/mol. The smallest absolute Gasteiger partial charge is 0.0717 e. The van der Waals surface area contributed by atoms with Crippen molar-refractivity contribution in [2.24, 2.45) is 5.92 Å². The van der Waals surface area contributed by atoms with Gasteiger partial charge in [0.1, 0.15) is 0 Å². The van der Waals surface area contributed by atoms with Crippen LogP contribution in [0.2, 0.25) is 0 Å². The molecular formula is C31H54O2. The van der Waals surface area contributed by atoms with Gasteiger partial charge >= 0.3 is 0 Å². The summed E-state index contributed by atoms with van der Waals surface area (Å²) in [6, 6.07) is 10.4. The van der Waals surface area contributed by atoms with E-state index in [0.29, 0.717) is 12.5 Å². The summed E-state index contributed by atoms with van der Waals surface area (Å²) in [6.45, 7) is 9.25. The molecule has 190 valence electrons. The monoisotopic (exact) mass is 458 g/mol. The van der Waals surface area contributed by atoms with Crippen molar-refractivity contribution >= 4 is 0 Å². The highest BCUT2D eigenvalue weighted by Gasteiger charge is 2.08. The van der Waals surface area contributed by atoms with Gasteiger partial charge in [0.15, 0.2) is 0 Å². The van der Waals surface area contributed by atoms with Crippen LogP contribution in [0, 0.1) is 5.92 Å². The van der Waals surface area contributed by atoms with Crippen LogP contribution in [-0.2, 0) is 16.1 Å². The zero-order valence-corrected chi connectivity index (χ0v) is 21.9. The predicted octanol–water partition coefficient (Wildman–Crippen LogP) is 9.67. The largest absolute Gasteiger partial charge is 0.381 e. The van der Waals surface area contributed by atoms with Crippen LogP contribution in [0.25, 0.3) is 0 Å². The van der Waals surface area contributed by atoms with Crippen LogP contribution in [0.1, 0.15) is 122 Å². The average Bonchev–Trinajstić information content (AvgIpc) is 2.84. The molecule has 0 aliphatic carbocycles. The van der Waals surface area contributed by atoms with Crippen molar-refractivity contribution in [3.05, 3.63) is 48.6 Å². The van der Waals surface area contributed by atoms with E-state index in [0.717, 1.165) is 26.2 Å². The Kier molecular flexibility index (Phi) is 21.8. The van der Waals surface area contributed by atoms with Gasteiger partial charge in [0.2, 0.25) is 0 Å². The molecule has 33 heavy (non-hydrogen) atoms. The first-order valence-corrected chi connectivity index (χ1v) is 14.2. The Morgan fingerprint density at radius 2 is 1.15 bits per heavy atom. The molecule has 0 radical (unpaired) electrons. The van der Waals surface area contributed by atoms with E-state index in [9.17, 15) is 0 Å². The molecule has 1 aromatic rings. The van der Waals surface area contributed by atoms with Gasteiger partial charge in [-0.25, -0.2) is 0 Å². The SMILES string of the molecule is C=CC[C@H](COCCCCCCCCCCCCCCCCCC)COCc1ccccc1. The predicted molar refractivity (Wildman–Crippen MR) is 145 cm³/mol. The summed E-state index contributed by atoms with van der Waals surface area (Å²) < 4.78 is 11.8. The van der Waals surface area contributed by atoms with E-state index in [1.165, 1.54) is 108 Å². The van der Waals surface area contributed by atoms with Gasteiger partial charge < -0.3 is 9.47 Å². The summed E-state index contributed by atoms with van der Waals surface area (Å²) in [4.78, 5) is 0. The minimum atomic E-state index is 0.410. The van der Waals surface area contributed by atoms with E-state index in [1.54, 1.807) is 0 Å². The first-order chi connectivity index (χ1) is 16.4. The minimum absolute atomic E-state index is 0.410. The molecule has 0 aromatic heterocycles. The van der Waals surface area contributed by atoms with E-state index >= 15 is 0 Å². The fourth-order valence-electron chi connectivity index (χ4n) is 4.34. The van der Waals surface area contributed by atoms with Crippen molar-refractivity contribution in [3.8, 4) is 0 Å². The van der Waals surface area contributed by atoms with Crippen LogP contribution >= 0.6 is 0 Å². The molecule has 0 spiro atoms. The van der Waals surface area contributed by atoms with Gasteiger partial charge in [-0.3, -0.25) is 0 Å². The van der Waals surface area contributed by atoms with Gasteiger partial charge in [0.25, 0.3) is 0 Å². The summed E-state index contributed by atoms with van der Waals surface area (Å²) in [5, 5.41) is 0. The molecule has 0 bridgehead atoms. The molecule has 1 rings (SSSR count). The van der Waals surface area contributed by atoms with Gasteiger partial charge in [-0.1, -0.05) is 140 Å². The quantitative estimate of drug-likeness (QED) is 0.107. The van der Waals surface area contributed by atoms with Crippen LogP contribution < -0.4 is 0 Å². The summed E-state index contributed by atoms with van der Waals surface area (Å²) >= 11 is 0. The van der Waals surface area contributed by atoms with Crippen molar-refractivity contribution in [2.75, 3.05) is 19.8 Å². The Morgan fingerprint density at radius 1 is 0.667 bits per heavy atom. The van der Waals surface area contributed by atoms with E-state index in [2.05, 4.69) is 37.8 Å². The second kappa shape index (κ2) is 24.0. The number of rotatable bonds is 25. The summed E-state index contributed by atoms with van der Waals surface area (Å²) in [5.74, 6) is 0.410. The lowest BCUT2D eigenvalue weighted by atomic mass is 10.0. The van der Waals surface area contributed by atoms with Gasteiger partial charge in [0.05, 0.1) is 19.8 Å². The molecule has 0 aliphatic heterocycles. The van der Waals surface area contributed by atoms with E-state index in [-0.39, 0.29) is 0 Å². The molecular weight excluding hydrogens is 404 g/mol. The minimum Gasteiger partial charge on any atom is -0.381 e. The molecule has 0 N–H and O–H groups in total. The zero-order valence-electron chi connectivity index (χ0n) is 21.9. The number of unbranched alkanes of at least 4 members (excludes halogenated alkanes) is 15. The number of benzene rings is 1. The fourth-order valence-corrected chi connectivity index (χ4v) is 4.34. The molecule has 1 aromatic carbocycles. The van der Waals surface area contributed by atoms with Gasteiger partial charge in [-0.05, 0) is 18.4 Å². The van der Waals surface area contributed by atoms with Crippen molar-refractivity contribution in [3.63, 3.8) is 0 Å². The Labute approximate surface area is 206 Å². The number of hydrogen-bond acceptors (Lipinski definition) is 2. The lowest BCUT2D eigenvalue weighted by molar-refractivity contribution is 0.0328. The van der Waals surface area contributed by atoms with E-state index in [4.69, 9.17) is 9.47 Å². The fraction of sp³-hybridized carbons (Fsp3) is 0.742. The molecule has 0 unspecified atom stereocenters. The summed E-state index contributed by atoms with van der Waals surface area (Å²) in [7, 11) is 0. The molecule has 2 nitrogen and oxygen atoms in total. The normalized spacial score (nSPS) is 12.2. The van der Waals surface area contributed by atoms with E-state index in [1.807, 2.05) is 12.1 Å². The first-order valence-electron chi connectivity index (χ1n) is 14.2. The van der Waals surface area contributed by atoms with Crippen molar-refractivity contribution < 1.29 is 9.47 Å². The summed E-state index contributed by atoms with van der Waals surface area (Å²) in [6.07, 6.45) is 25.4. The second-order valence-electron chi connectivity index (χ2n) is 9.77. The van der Waals surface area contributed by atoms with Crippen LogP contribution in [0.3, 0.4) is 0 Å². The maximum absolute atomic E-state index is 5.94. The van der Waals surface area contributed by atoms with Crippen LogP contribution in [0.4, 0.5) is 0 Å². The standard InChI is InChI=1S/C31H54O2/c1-3-5-6-7-8-9-10-11-12-13-14-15-16-17-18-22-26-32-28-31(23-4-2)29-33-27-30-24-20-19-21-25-30/h4,19-21,24-25,31H,2-3,5-18,22-23,26-29H2,1H3/t31-/m1/s1. The Balaban J connectivity index is 1.83. The third kappa shape index (κ3) is 20.0. The highest BCUT2D eigenvalue weighted by molar-refractivity contribution is 5.13. The van der Waals surface area contributed by atoms with Crippen LogP contribution in [0.5, 0.6) is 0 Å². The molecule has 0 saturated carbocycles. The maximum atomic E-state index is 5.94. The third-order valence-electron chi connectivity index (χ3n) is 6.46. The number of hydrogen-bond donors (Lipinski definition) is 0. The molecule has 0 saturated heterocycles. The highest BCUT2D eigenvalue weighted by atomic mass is 16.5. The second-order valence-corrected chi connectivity index (χ2v) is 9.77. The zero-order chi connectivity index (χ0) is 23.7. The molecule has 0 fully saturated rings. The number of allylic oxidation sites excluding steroid dienone is 1. The topological polar surface area (TPSA) is 18.5 Å². The lowest BCUT2D eigenvalue weighted by Crippen LogP contribution is -2.16. The van der Waals surface area contributed by atoms with E-state index < -0.39 is 0 Å². The van der Waals surface area contributed by atoms with Crippen molar-refractivity contribution in [1.82, 2.24) is 0 Å². The number of ether oxygens (including phenoxy) is 2. The molecule has 1 atom stereocenters. The van der Waals surface area contributed by atoms with Gasteiger partial charge in [0, 0.05) is 12.5 Å². The van der Waals surface area contributed by atoms with Crippen LogP contribution in [0.15, 0.2) is 43.0 Å². The first kappa shape index (κ1) is 29.9. The van der Waals surface area contributed by atoms with Gasteiger partial charge in [-0.2, -0.15) is 0 Å². The van der Waals surface area contributed by atoms with Crippen LogP contribution in [-0.4, -0.2) is 19.8 Å². The van der Waals surface area contributed by atoms with Gasteiger partial charge in [-0.15, -0.1) is 6.58 Å².